The molecule has 0 saturated carbocycles. The predicted octanol–water partition coefficient (Wildman–Crippen LogP) is 3.91. The minimum atomic E-state index is -0.278. The molecule has 0 aromatic heterocycles. The molecule has 2 aliphatic rings. The van der Waals surface area contributed by atoms with E-state index in [1.165, 1.54) is 4.90 Å². The molecule has 4 rings (SSSR count). The summed E-state index contributed by atoms with van der Waals surface area (Å²) < 4.78 is 0. The third-order valence-corrected chi connectivity index (χ3v) is 6.41. The molecule has 2 aromatic rings. The number of aliphatic hydroxyl groups excluding tert-OH is 1. The fourth-order valence-corrected chi connectivity index (χ4v) is 4.70. The standard InChI is InChI=1S/C26H30N2O3/c1-16-10-17(2)12-22(11-16)28-25(30)23(21-8-7-18(3)19(4)13-21)24(26(28)31)27-9-5-6-20(14-27)15-29/h7-8,10-13,20,29H,5-6,9,14-15H2,1-4H3. The van der Waals surface area contributed by atoms with Crippen LogP contribution >= 0.6 is 0 Å². The quantitative estimate of drug-likeness (QED) is 0.765. The summed E-state index contributed by atoms with van der Waals surface area (Å²) in [5.74, 6) is -0.443. The van der Waals surface area contributed by atoms with Gasteiger partial charge in [0.1, 0.15) is 5.70 Å². The van der Waals surface area contributed by atoms with Crippen LogP contribution in [0.25, 0.3) is 5.57 Å². The van der Waals surface area contributed by atoms with Crippen molar-refractivity contribution in [3.05, 3.63) is 69.9 Å². The highest BCUT2D eigenvalue weighted by Crippen LogP contribution is 2.37. The van der Waals surface area contributed by atoms with Gasteiger partial charge in [-0.15, -0.1) is 0 Å². The molecule has 2 amide bonds. The second kappa shape index (κ2) is 8.31. The number of piperidine rings is 1. The van der Waals surface area contributed by atoms with Crippen molar-refractivity contribution in [3.63, 3.8) is 0 Å². The van der Waals surface area contributed by atoms with Gasteiger partial charge in [0.15, 0.2) is 0 Å². The number of aryl methyl sites for hydroxylation is 4. The lowest BCUT2D eigenvalue weighted by atomic mass is 9.96. The Labute approximate surface area is 184 Å². The Morgan fingerprint density at radius 1 is 0.935 bits per heavy atom. The molecule has 0 bridgehead atoms. The summed E-state index contributed by atoms with van der Waals surface area (Å²) in [6, 6.07) is 11.7. The molecule has 1 N–H and O–H groups in total. The first-order chi connectivity index (χ1) is 14.8. The van der Waals surface area contributed by atoms with Crippen LogP contribution in [0.1, 0.15) is 40.7 Å². The van der Waals surface area contributed by atoms with Crippen molar-refractivity contribution < 1.29 is 14.7 Å². The highest BCUT2D eigenvalue weighted by Gasteiger charge is 2.43. The third kappa shape index (κ3) is 3.90. The van der Waals surface area contributed by atoms with E-state index in [1.807, 2.05) is 69.0 Å². The zero-order chi connectivity index (χ0) is 22.3. The average molecular weight is 419 g/mol. The SMILES string of the molecule is Cc1cc(C)cc(N2C(=O)C(c3ccc(C)c(C)c3)=C(N3CCCC(CO)C3)C2=O)c1. The number of carbonyl (C=O) groups is 2. The van der Waals surface area contributed by atoms with Gasteiger partial charge in [-0.05, 0) is 86.4 Å². The van der Waals surface area contributed by atoms with E-state index >= 15 is 0 Å². The van der Waals surface area contributed by atoms with Crippen LogP contribution in [0.5, 0.6) is 0 Å². The highest BCUT2D eigenvalue weighted by atomic mass is 16.3. The molecule has 0 aliphatic carbocycles. The van der Waals surface area contributed by atoms with Gasteiger partial charge in [0.25, 0.3) is 11.8 Å². The molecular formula is C26H30N2O3. The number of hydrogen-bond acceptors (Lipinski definition) is 4. The van der Waals surface area contributed by atoms with Crippen LogP contribution in [0, 0.1) is 33.6 Å². The number of anilines is 1. The van der Waals surface area contributed by atoms with E-state index in [4.69, 9.17) is 0 Å². The average Bonchev–Trinajstić information content (AvgIpc) is 2.99. The second-order valence-electron chi connectivity index (χ2n) is 8.95. The third-order valence-electron chi connectivity index (χ3n) is 6.41. The molecule has 5 heteroatoms. The number of amides is 2. The van der Waals surface area contributed by atoms with Crippen LogP contribution in [-0.4, -0.2) is 41.5 Å². The Bertz CT molecular complexity index is 1070. The zero-order valence-electron chi connectivity index (χ0n) is 18.7. The minimum Gasteiger partial charge on any atom is -0.396 e. The van der Waals surface area contributed by atoms with Gasteiger partial charge >= 0.3 is 0 Å². The van der Waals surface area contributed by atoms with Crippen LogP contribution in [0.4, 0.5) is 5.69 Å². The van der Waals surface area contributed by atoms with E-state index in [1.54, 1.807) is 0 Å². The Morgan fingerprint density at radius 3 is 2.29 bits per heavy atom. The second-order valence-corrected chi connectivity index (χ2v) is 8.95. The fraction of sp³-hybridized carbons (Fsp3) is 0.385. The van der Waals surface area contributed by atoms with Gasteiger partial charge in [-0.3, -0.25) is 9.59 Å². The predicted molar refractivity (Wildman–Crippen MR) is 123 cm³/mol. The highest BCUT2D eigenvalue weighted by molar-refractivity contribution is 6.45. The molecule has 0 radical (unpaired) electrons. The molecular weight excluding hydrogens is 388 g/mol. The summed E-state index contributed by atoms with van der Waals surface area (Å²) in [6.45, 7) is 9.37. The van der Waals surface area contributed by atoms with E-state index in [-0.39, 0.29) is 24.3 Å². The molecule has 2 aromatic carbocycles. The molecule has 31 heavy (non-hydrogen) atoms. The molecule has 1 unspecified atom stereocenters. The number of carbonyl (C=O) groups excluding carboxylic acids is 2. The van der Waals surface area contributed by atoms with Gasteiger partial charge in [0.2, 0.25) is 0 Å². The Morgan fingerprint density at radius 2 is 1.65 bits per heavy atom. The van der Waals surface area contributed by atoms with Gasteiger partial charge in [0, 0.05) is 19.7 Å². The maximum atomic E-state index is 13.7. The van der Waals surface area contributed by atoms with Crippen LogP contribution in [-0.2, 0) is 9.59 Å². The van der Waals surface area contributed by atoms with E-state index in [0.29, 0.717) is 30.0 Å². The van der Waals surface area contributed by atoms with Gasteiger partial charge in [0.05, 0.1) is 11.3 Å². The molecule has 5 nitrogen and oxygen atoms in total. The van der Waals surface area contributed by atoms with Gasteiger partial charge in [-0.2, -0.15) is 0 Å². The lowest BCUT2D eigenvalue weighted by molar-refractivity contribution is -0.120. The van der Waals surface area contributed by atoms with E-state index in [9.17, 15) is 14.7 Å². The molecule has 162 valence electrons. The first kappa shape index (κ1) is 21.3. The van der Waals surface area contributed by atoms with Crippen LogP contribution in [0.15, 0.2) is 42.1 Å². The number of aliphatic hydroxyl groups is 1. The lowest BCUT2D eigenvalue weighted by Crippen LogP contribution is -2.40. The van der Waals surface area contributed by atoms with Crippen molar-refractivity contribution in [1.82, 2.24) is 4.90 Å². The van der Waals surface area contributed by atoms with E-state index in [2.05, 4.69) is 0 Å². The summed E-state index contributed by atoms with van der Waals surface area (Å²) in [4.78, 5) is 30.8. The number of benzene rings is 2. The Hall–Kier alpha value is -2.92. The number of nitrogens with zero attached hydrogens (tertiary/aromatic N) is 2. The van der Waals surface area contributed by atoms with E-state index < -0.39 is 0 Å². The maximum absolute atomic E-state index is 13.7. The van der Waals surface area contributed by atoms with Gasteiger partial charge in [-0.1, -0.05) is 24.3 Å². The van der Waals surface area contributed by atoms with Crippen molar-refractivity contribution in [2.75, 3.05) is 24.6 Å². The minimum absolute atomic E-state index is 0.0890. The number of likely N-dealkylation sites (tertiary alicyclic amines) is 1. The Balaban J connectivity index is 1.85. The van der Waals surface area contributed by atoms with Crippen molar-refractivity contribution in [1.29, 1.82) is 0 Å². The molecule has 1 saturated heterocycles. The topological polar surface area (TPSA) is 60.9 Å². The lowest BCUT2D eigenvalue weighted by Gasteiger charge is -2.34. The summed E-state index contributed by atoms with van der Waals surface area (Å²) >= 11 is 0. The Kier molecular flexibility index (Phi) is 5.71. The smallest absolute Gasteiger partial charge is 0.282 e. The fourth-order valence-electron chi connectivity index (χ4n) is 4.70. The maximum Gasteiger partial charge on any atom is 0.282 e. The summed E-state index contributed by atoms with van der Waals surface area (Å²) in [6.07, 6.45) is 1.82. The van der Waals surface area contributed by atoms with Crippen molar-refractivity contribution in [3.8, 4) is 0 Å². The largest absolute Gasteiger partial charge is 0.396 e. The number of hydrogen-bond donors (Lipinski definition) is 1. The van der Waals surface area contributed by atoms with Crippen molar-refractivity contribution in [2.24, 2.45) is 5.92 Å². The summed E-state index contributed by atoms with van der Waals surface area (Å²) in [5, 5.41) is 9.71. The van der Waals surface area contributed by atoms with Gasteiger partial charge < -0.3 is 10.0 Å². The first-order valence-electron chi connectivity index (χ1n) is 10.9. The zero-order valence-corrected chi connectivity index (χ0v) is 18.7. The molecule has 1 atom stereocenters. The van der Waals surface area contributed by atoms with Crippen LogP contribution in [0.3, 0.4) is 0 Å². The summed E-state index contributed by atoms with van der Waals surface area (Å²) in [7, 11) is 0. The molecule has 0 spiro atoms. The monoisotopic (exact) mass is 418 g/mol. The molecule has 2 aliphatic heterocycles. The first-order valence-corrected chi connectivity index (χ1v) is 10.9. The molecule has 2 heterocycles. The van der Waals surface area contributed by atoms with Crippen molar-refractivity contribution in [2.45, 2.75) is 40.5 Å². The normalized spacial score (nSPS) is 19.6. The van der Waals surface area contributed by atoms with E-state index in [0.717, 1.165) is 40.7 Å². The summed E-state index contributed by atoms with van der Waals surface area (Å²) in [5.41, 5.74) is 6.56. The van der Waals surface area contributed by atoms with Crippen LogP contribution in [0.2, 0.25) is 0 Å². The molecule has 1 fully saturated rings. The van der Waals surface area contributed by atoms with Crippen LogP contribution < -0.4 is 4.90 Å². The van der Waals surface area contributed by atoms with Gasteiger partial charge in [-0.25, -0.2) is 4.90 Å². The number of rotatable bonds is 4. The van der Waals surface area contributed by atoms with Crippen molar-refractivity contribution >= 4 is 23.1 Å². The number of imide groups is 1.